The van der Waals surface area contributed by atoms with E-state index in [2.05, 4.69) is 16.1 Å². The van der Waals surface area contributed by atoms with Crippen LogP contribution in [0.2, 0.25) is 0 Å². The first-order chi connectivity index (χ1) is 12.4. The Morgan fingerprint density at radius 1 is 1.00 bits per heavy atom. The van der Waals surface area contributed by atoms with E-state index in [0.29, 0.717) is 5.52 Å². The van der Waals surface area contributed by atoms with Gasteiger partial charge in [-0.3, -0.25) is 4.98 Å². The van der Waals surface area contributed by atoms with Crippen molar-refractivity contribution >= 4 is 27.8 Å². The number of hydrogen-bond donors (Lipinski definition) is 0. The van der Waals surface area contributed by atoms with E-state index in [0.717, 1.165) is 27.3 Å². The topological polar surface area (TPSA) is 57.0 Å². The molecule has 0 saturated heterocycles. The number of pyridine rings is 1. The van der Waals surface area contributed by atoms with E-state index < -0.39 is 11.7 Å². The normalized spacial score (nSPS) is 11.8. The van der Waals surface area contributed by atoms with E-state index >= 15 is 0 Å². The standard InChI is InChI=1S/C21H19N3O2/c1-21(2,3)26-20(25)24-19-10-14(8-9-16(19)12-23-24)18-13-22-11-15-6-4-5-7-17(15)18/h4-13H,1-3H3. The van der Waals surface area contributed by atoms with Gasteiger partial charge in [0, 0.05) is 28.7 Å². The Hall–Kier alpha value is -3.21. The second kappa shape index (κ2) is 5.95. The Balaban J connectivity index is 1.85. The fourth-order valence-electron chi connectivity index (χ4n) is 2.98. The molecule has 0 spiro atoms. The van der Waals surface area contributed by atoms with E-state index in [1.807, 2.05) is 69.6 Å². The van der Waals surface area contributed by atoms with Crippen LogP contribution in [0.25, 0.3) is 32.8 Å². The van der Waals surface area contributed by atoms with E-state index in [1.54, 1.807) is 6.20 Å². The van der Waals surface area contributed by atoms with Gasteiger partial charge in [-0.15, -0.1) is 0 Å². The summed E-state index contributed by atoms with van der Waals surface area (Å²) in [6, 6.07) is 14.0. The predicted octanol–water partition coefficient (Wildman–Crippen LogP) is 5.03. The second-order valence-corrected chi connectivity index (χ2v) is 7.22. The molecule has 0 unspecified atom stereocenters. The van der Waals surface area contributed by atoms with E-state index in [1.165, 1.54) is 4.68 Å². The first-order valence-electron chi connectivity index (χ1n) is 8.47. The van der Waals surface area contributed by atoms with Crippen LogP contribution in [0.4, 0.5) is 4.79 Å². The summed E-state index contributed by atoms with van der Waals surface area (Å²) < 4.78 is 6.76. The SMILES string of the molecule is CC(C)(C)OC(=O)n1ncc2ccc(-c3cncc4ccccc34)cc21. The molecule has 0 aliphatic rings. The third-order valence-electron chi connectivity index (χ3n) is 4.12. The molecule has 0 fully saturated rings. The van der Waals surface area contributed by atoms with Gasteiger partial charge in [0.2, 0.25) is 0 Å². The third kappa shape index (κ3) is 2.92. The maximum Gasteiger partial charge on any atom is 0.435 e. The predicted molar refractivity (Wildman–Crippen MR) is 102 cm³/mol. The van der Waals surface area contributed by atoms with Gasteiger partial charge in [0.05, 0.1) is 11.7 Å². The summed E-state index contributed by atoms with van der Waals surface area (Å²) in [6.07, 6.45) is 4.88. The molecular formula is C21H19N3O2. The fraction of sp³-hybridized carbons (Fsp3) is 0.190. The number of aromatic nitrogens is 3. The molecule has 0 aliphatic carbocycles. The average molecular weight is 345 g/mol. The average Bonchev–Trinajstić information content (AvgIpc) is 3.03. The Morgan fingerprint density at radius 2 is 1.81 bits per heavy atom. The summed E-state index contributed by atoms with van der Waals surface area (Å²) in [6.45, 7) is 5.51. The Bertz CT molecular complexity index is 1120. The minimum atomic E-state index is -0.577. The van der Waals surface area contributed by atoms with Crippen LogP contribution < -0.4 is 0 Å². The van der Waals surface area contributed by atoms with Crippen molar-refractivity contribution in [3.05, 3.63) is 61.1 Å². The number of rotatable bonds is 1. The minimum Gasteiger partial charge on any atom is -0.442 e. The maximum atomic E-state index is 12.5. The highest BCUT2D eigenvalue weighted by atomic mass is 16.6. The zero-order chi connectivity index (χ0) is 18.3. The van der Waals surface area contributed by atoms with Crippen molar-refractivity contribution in [2.45, 2.75) is 26.4 Å². The molecular weight excluding hydrogens is 326 g/mol. The van der Waals surface area contributed by atoms with Crippen molar-refractivity contribution in [3.63, 3.8) is 0 Å². The van der Waals surface area contributed by atoms with Gasteiger partial charge in [0.15, 0.2) is 0 Å². The molecule has 0 amide bonds. The number of ether oxygens (including phenoxy) is 1. The molecule has 0 aliphatic heterocycles. The van der Waals surface area contributed by atoms with E-state index in [-0.39, 0.29) is 0 Å². The number of hydrogen-bond acceptors (Lipinski definition) is 4. The zero-order valence-electron chi connectivity index (χ0n) is 14.9. The van der Waals surface area contributed by atoms with Crippen molar-refractivity contribution in [1.82, 2.24) is 14.8 Å². The van der Waals surface area contributed by atoms with Crippen LogP contribution in [0.5, 0.6) is 0 Å². The van der Waals surface area contributed by atoms with E-state index in [4.69, 9.17) is 4.74 Å². The summed E-state index contributed by atoms with van der Waals surface area (Å²) in [5.41, 5.74) is 2.13. The van der Waals surface area contributed by atoms with Crippen molar-refractivity contribution in [2.24, 2.45) is 0 Å². The van der Waals surface area contributed by atoms with Crippen molar-refractivity contribution in [3.8, 4) is 11.1 Å². The molecule has 5 heteroatoms. The molecule has 26 heavy (non-hydrogen) atoms. The molecule has 5 nitrogen and oxygen atoms in total. The maximum absolute atomic E-state index is 12.5. The molecule has 0 radical (unpaired) electrons. The molecule has 2 aromatic carbocycles. The first-order valence-corrected chi connectivity index (χ1v) is 8.47. The van der Waals surface area contributed by atoms with Gasteiger partial charge >= 0.3 is 6.09 Å². The summed E-state index contributed by atoms with van der Waals surface area (Å²) in [5.74, 6) is 0. The van der Waals surface area contributed by atoms with Crippen LogP contribution >= 0.6 is 0 Å². The van der Waals surface area contributed by atoms with Gasteiger partial charge in [0.1, 0.15) is 5.60 Å². The monoisotopic (exact) mass is 345 g/mol. The number of benzene rings is 2. The lowest BCUT2D eigenvalue weighted by molar-refractivity contribution is 0.0523. The number of carbonyl (C=O) groups is 1. The molecule has 4 aromatic rings. The van der Waals surface area contributed by atoms with Crippen molar-refractivity contribution in [2.75, 3.05) is 0 Å². The first kappa shape index (κ1) is 16.3. The largest absolute Gasteiger partial charge is 0.442 e. The number of fused-ring (bicyclic) bond motifs is 2. The van der Waals surface area contributed by atoms with Crippen LogP contribution in [0.15, 0.2) is 61.1 Å². The van der Waals surface area contributed by atoms with Gasteiger partial charge in [-0.1, -0.05) is 36.4 Å². The van der Waals surface area contributed by atoms with Crippen LogP contribution in [-0.4, -0.2) is 26.5 Å². The summed E-state index contributed by atoms with van der Waals surface area (Å²) in [5, 5.41) is 7.28. The summed E-state index contributed by atoms with van der Waals surface area (Å²) in [7, 11) is 0. The Labute approximate surface area is 151 Å². The lowest BCUT2D eigenvalue weighted by Gasteiger charge is -2.19. The van der Waals surface area contributed by atoms with Crippen LogP contribution in [-0.2, 0) is 4.74 Å². The number of carbonyl (C=O) groups excluding carboxylic acids is 1. The highest BCUT2D eigenvalue weighted by molar-refractivity contribution is 5.98. The molecule has 130 valence electrons. The summed E-state index contributed by atoms with van der Waals surface area (Å²) in [4.78, 5) is 16.8. The molecule has 0 bridgehead atoms. The fourth-order valence-corrected chi connectivity index (χ4v) is 2.98. The van der Waals surface area contributed by atoms with Crippen LogP contribution in [0, 0.1) is 0 Å². The molecule has 2 heterocycles. The van der Waals surface area contributed by atoms with Gasteiger partial charge in [-0.05, 0) is 37.8 Å². The lowest BCUT2D eigenvalue weighted by Crippen LogP contribution is -2.27. The second-order valence-electron chi connectivity index (χ2n) is 7.22. The molecule has 2 aromatic heterocycles. The molecule has 0 saturated carbocycles. The smallest absolute Gasteiger partial charge is 0.435 e. The van der Waals surface area contributed by atoms with Gasteiger partial charge in [0.25, 0.3) is 0 Å². The molecule has 0 N–H and O–H groups in total. The lowest BCUT2D eigenvalue weighted by atomic mass is 10.0. The van der Waals surface area contributed by atoms with Gasteiger partial charge in [-0.25, -0.2) is 4.79 Å². The van der Waals surface area contributed by atoms with E-state index in [9.17, 15) is 4.79 Å². The Kier molecular flexibility index (Phi) is 3.72. The summed E-state index contributed by atoms with van der Waals surface area (Å²) >= 11 is 0. The molecule has 0 atom stereocenters. The van der Waals surface area contributed by atoms with Gasteiger partial charge < -0.3 is 4.74 Å². The van der Waals surface area contributed by atoms with Crippen molar-refractivity contribution in [1.29, 1.82) is 0 Å². The van der Waals surface area contributed by atoms with Crippen LogP contribution in [0.1, 0.15) is 20.8 Å². The third-order valence-corrected chi connectivity index (χ3v) is 4.12. The van der Waals surface area contributed by atoms with Crippen molar-refractivity contribution < 1.29 is 9.53 Å². The zero-order valence-corrected chi connectivity index (χ0v) is 14.9. The molecule has 4 rings (SSSR count). The van der Waals surface area contributed by atoms with Gasteiger partial charge in [-0.2, -0.15) is 9.78 Å². The van der Waals surface area contributed by atoms with Crippen LogP contribution in [0.3, 0.4) is 0 Å². The number of nitrogens with zero attached hydrogens (tertiary/aromatic N) is 3. The highest BCUT2D eigenvalue weighted by Gasteiger charge is 2.20. The Morgan fingerprint density at radius 3 is 2.62 bits per heavy atom. The minimum absolute atomic E-state index is 0.485. The highest BCUT2D eigenvalue weighted by Crippen LogP contribution is 2.30. The quantitative estimate of drug-likeness (QED) is 0.485.